The molecule has 1 N–H and O–H groups in total. The van der Waals surface area contributed by atoms with Gasteiger partial charge in [-0.15, -0.1) is 0 Å². The summed E-state index contributed by atoms with van der Waals surface area (Å²) in [6.07, 6.45) is 0.355. The van der Waals surface area contributed by atoms with Crippen molar-refractivity contribution in [2.24, 2.45) is 5.92 Å². The van der Waals surface area contributed by atoms with Gasteiger partial charge in [-0.3, -0.25) is 9.59 Å². The van der Waals surface area contributed by atoms with Crippen molar-refractivity contribution in [2.45, 2.75) is 39.5 Å². The standard InChI is InChI=1S/C18H27NO4/c1-13(2)12-19(10-9-18(21)22)17(20)11-14(3)15-5-7-16(23-4)8-6-15/h5-8,13-14H,9-12H2,1-4H3,(H,21,22). The van der Waals surface area contributed by atoms with E-state index in [4.69, 9.17) is 9.84 Å². The molecule has 0 saturated heterocycles. The van der Waals surface area contributed by atoms with E-state index in [0.29, 0.717) is 18.9 Å². The molecule has 0 bridgehead atoms. The Bertz CT molecular complexity index is 510. The van der Waals surface area contributed by atoms with Gasteiger partial charge in [0.1, 0.15) is 5.75 Å². The third kappa shape index (κ3) is 6.72. The Labute approximate surface area is 138 Å². The quantitative estimate of drug-likeness (QED) is 0.759. The molecule has 23 heavy (non-hydrogen) atoms. The number of hydrogen-bond acceptors (Lipinski definition) is 3. The van der Waals surface area contributed by atoms with Crippen molar-refractivity contribution in [3.8, 4) is 5.75 Å². The van der Waals surface area contributed by atoms with Crippen molar-refractivity contribution in [3.05, 3.63) is 29.8 Å². The summed E-state index contributed by atoms with van der Waals surface area (Å²) in [5.41, 5.74) is 1.07. The van der Waals surface area contributed by atoms with Crippen LogP contribution in [-0.4, -0.2) is 42.1 Å². The van der Waals surface area contributed by atoms with Crippen molar-refractivity contribution in [1.82, 2.24) is 4.90 Å². The molecular weight excluding hydrogens is 294 g/mol. The lowest BCUT2D eigenvalue weighted by Crippen LogP contribution is -2.36. The second-order valence-corrected chi connectivity index (χ2v) is 6.26. The van der Waals surface area contributed by atoms with Crippen molar-refractivity contribution in [2.75, 3.05) is 20.2 Å². The lowest BCUT2D eigenvalue weighted by atomic mass is 9.97. The molecule has 1 unspecified atom stereocenters. The number of hydrogen-bond donors (Lipinski definition) is 1. The fourth-order valence-electron chi connectivity index (χ4n) is 2.43. The molecule has 0 heterocycles. The van der Waals surface area contributed by atoms with Crippen LogP contribution in [0.15, 0.2) is 24.3 Å². The summed E-state index contributed by atoms with van der Waals surface area (Å²) in [4.78, 5) is 24.9. The van der Waals surface area contributed by atoms with Gasteiger partial charge in [-0.25, -0.2) is 0 Å². The van der Waals surface area contributed by atoms with Gasteiger partial charge >= 0.3 is 5.97 Å². The maximum absolute atomic E-state index is 12.5. The summed E-state index contributed by atoms with van der Waals surface area (Å²) < 4.78 is 5.14. The number of amides is 1. The van der Waals surface area contributed by atoms with Crippen LogP contribution in [0.5, 0.6) is 5.75 Å². The van der Waals surface area contributed by atoms with Crippen molar-refractivity contribution >= 4 is 11.9 Å². The number of carbonyl (C=O) groups is 2. The molecule has 1 amide bonds. The Balaban J connectivity index is 2.68. The van der Waals surface area contributed by atoms with Crippen LogP contribution in [0.1, 0.15) is 45.1 Å². The zero-order chi connectivity index (χ0) is 17.4. The Hall–Kier alpha value is -2.04. The maximum Gasteiger partial charge on any atom is 0.305 e. The van der Waals surface area contributed by atoms with Crippen LogP contribution in [0.3, 0.4) is 0 Å². The molecule has 0 fully saturated rings. The highest BCUT2D eigenvalue weighted by molar-refractivity contribution is 5.78. The van der Waals surface area contributed by atoms with Crippen LogP contribution in [0.2, 0.25) is 0 Å². The molecular formula is C18H27NO4. The summed E-state index contributed by atoms with van der Waals surface area (Å²) in [6, 6.07) is 7.68. The Morgan fingerprint density at radius 1 is 1.17 bits per heavy atom. The van der Waals surface area contributed by atoms with Crippen molar-refractivity contribution < 1.29 is 19.4 Å². The van der Waals surface area contributed by atoms with Gasteiger partial charge in [0.15, 0.2) is 0 Å². The van der Waals surface area contributed by atoms with Crippen LogP contribution in [-0.2, 0) is 9.59 Å². The predicted molar refractivity (Wildman–Crippen MR) is 89.7 cm³/mol. The number of benzene rings is 1. The number of carboxylic acid groups (broad SMARTS) is 1. The number of carbonyl (C=O) groups excluding carboxylic acids is 1. The first-order valence-electron chi connectivity index (χ1n) is 7.97. The molecule has 0 aromatic heterocycles. The van der Waals surface area contributed by atoms with E-state index in [-0.39, 0.29) is 24.8 Å². The first kappa shape index (κ1) is 19.0. The molecule has 0 radical (unpaired) electrons. The normalized spacial score (nSPS) is 12.0. The maximum atomic E-state index is 12.5. The fraction of sp³-hybridized carbons (Fsp3) is 0.556. The molecule has 5 heteroatoms. The predicted octanol–water partition coefficient (Wildman–Crippen LogP) is 3.15. The van der Waals surface area contributed by atoms with Gasteiger partial charge in [0.2, 0.25) is 5.91 Å². The average Bonchev–Trinajstić information content (AvgIpc) is 2.50. The summed E-state index contributed by atoms with van der Waals surface area (Å²) in [6.45, 7) is 6.90. The molecule has 0 aliphatic heterocycles. The van der Waals surface area contributed by atoms with Crippen molar-refractivity contribution in [3.63, 3.8) is 0 Å². The summed E-state index contributed by atoms with van der Waals surface area (Å²) in [5.74, 6) is 0.296. The lowest BCUT2D eigenvalue weighted by molar-refractivity contribution is -0.138. The third-order valence-corrected chi connectivity index (χ3v) is 3.70. The first-order valence-corrected chi connectivity index (χ1v) is 7.97. The zero-order valence-electron chi connectivity index (χ0n) is 14.4. The number of methoxy groups -OCH3 is 1. The van der Waals surface area contributed by atoms with Crippen LogP contribution < -0.4 is 4.74 Å². The van der Waals surface area contributed by atoms with Crippen LogP contribution >= 0.6 is 0 Å². The molecule has 0 aliphatic rings. The summed E-state index contributed by atoms with van der Waals surface area (Å²) in [5, 5.41) is 8.84. The van der Waals surface area contributed by atoms with E-state index in [1.807, 2.05) is 45.0 Å². The summed E-state index contributed by atoms with van der Waals surface area (Å²) >= 11 is 0. The molecule has 0 aliphatic carbocycles. The first-order chi connectivity index (χ1) is 10.8. The van der Waals surface area contributed by atoms with Gasteiger partial charge in [0.05, 0.1) is 13.5 Å². The van der Waals surface area contributed by atoms with Gasteiger partial charge in [-0.2, -0.15) is 0 Å². The molecule has 1 aromatic carbocycles. The number of rotatable bonds is 9. The molecule has 5 nitrogen and oxygen atoms in total. The minimum Gasteiger partial charge on any atom is -0.497 e. The number of nitrogens with zero attached hydrogens (tertiary/aromatic N) is 1. The van der Waals surface area contributed by atoms with Gasteiger partial charge in [-0.1, -0.05) is 32.9 Å². The minimum atomic E-state index is -0.880. The molecule has 0 spiro atoms. The Morgan fingerprint density at radius 3 is 2.26 bits per heavy atom. The Morgan fingerprint density at radius 2 is 1.78 bits per heavy atom. The van der Waals surface area contributed by atoms with E-state index in [1.165, 1.54) is 0 Å². The molecule has 0 saturated carbocycles. The van der Waals surface area contributed by atoms with Gasteiger partial charge in [0, 0.05) is 19.5 Å². The number of ether oxygens (including phenoxy) is 1. The summed E-state index contributed by atoms with van der Waals surface area (Å²) in [7, 11) is 1.62. The van der Waals surface area contributed by atoms with Gasteiger partial charge < -0.3 is 14.7 Å². The zero-order valence-corrected chi connectivity index (χ0v) is 14.4. The number of carboxylic acids is 1. The topological polar surface area (TPSA) is 66.8 Å². The Kier molecular flexibility index (Phi) is 7.59. The van der Waals surface area contributed by atoms with Crippen molar-refractivity contribution in [1.29, 1.82) is 0 Å². The largest absolute Gasteiger partial charge is 0.497 e. The molecule has 1 aromatic rings. The highest BCUT2D eigenvalue weighted by Gasteiger charge is 2.19. The second kappa shape index (κ2) is 9.18. The second-order valence-electron chi connectivity index (χ2n) is 6.26. The van der Waals surface area contributed by atoms with Gasteiger partial charge in [-0.05, 0) is 29.5 Å². The SMILES string of the molecule is COc1ccc(C(C)CC(=O)N(CCC(=O)O)CC(C)C)cc1. The van der Waals surface area contributed by atoms with E-state index >= 15 is 0 Å². The third-order valence-electron chi connectivity index (χ3n) is 3.70. The minimum absolute atomic E-state index is 0.00303. The fourth-order valence-corrected chi connectivity index (χ4v) is 2.43. The highest BCUT2D eigenvalue weighted by atomic mass is 16.5. The monoisotopic (exact) mass is 321 g/mol. The van der Waals surface area contributed by atoms with Crippen LogP contribution in [0.4, 0.5) is 0 Å². The smallest absolute Gasteiger partial charge is 0.305 e. The molecule has 1 atom stereocenters. The molecule has 128 valence electrons. The van der Waals surface area contributed by atoms with E-state index < -0.39 is 5.97 Å². The lowest BCUT2D eigenvalue weighted by Gasteiger charge is -2.25. The van der Waals surface area contributed by atoms with Crippen LogP contribution in [0.25, 0.3) is 0 Å². The van der Waals surface area contributed by atoms with Gasteiger partial charge in [0.25, 0.3) is 0 Å². The highest BCUT2D eigenvalue weighted by Crippen LogP contribution is 2.23. The van der Waals surface area contributed by atoms with E-state index in [2.05, 4.69) is 0 Å². The van der Waals surface area contributed by atoms with E-state index in [9.17, 15) is 9.59 Å². The number of aliphatic carboxylic acids is 1. The van der Waals surface area contributed by atoms with E-state index in [1.54, 1.807) is 12.0 Å². The average molecular weight is 321 g/mol. The molecule has 1 rings (SSSR count). The van der Waals surface area contributed by atoms with Crippen LogP contribution in [0, 0.1) is 5.92 Å². The van der Waals surface area contributed by atoms with E-state index in [0.717, 1.165) is 11.3 Å².